The molecule has 1 aromatic carbocycles. The second-order valence-electron chi connectivity index (χ2n) is 6.77. The molecule has 27 heavy (non-hydrogen) atoms. The minimum Gasteiger partial charge on any atom is -0.410 e. The van der Waals surface area contributed by atoms with Gasteiger partial charge in [-0.25, -0.2) is 0 Å². The third-order valence-corrected chi connectivity index (χ3v) is 5.64. The average molecular weight is 402 g/mol. The van der Waals surface area contributed by atoms with Crippen molar-refractivity contribution in [2.24, 2.45) is 5.92 Å². The van der Waals surface area contributed by atoms with E-state index in [2.05, 4.69) is 53.6 Å². The Morgan fingerprint density at radius 3 is 2.63 bits per heavy atom. The van der Waals surface area contributed by atoms with Crippen LogP contribution in [0.3, 0.4) is 0 Å². The molecule has 0 aliphatic carbocycles. The van der Waals surface area contributed by atoms with Crippen molar-refractivity contribution in [1.82, 2.24) is 15.5 Å². The van der Waals surface area contributed by atoms with E-state index in [1.165, 1.54) is 28.7 Å². The molecule has 0 fully saturated rings. The molecule has 1 atom stereocenters. The zero-order chi connectivity index (χ0) is 19.2. The fraction of sp³-hybridized carbons (Fsp3) is 0.350. The van der Waals surface area contributed by atoms with Gasteiger partial charge in [-0.2, -0.15) is 0 Å². The first-order valence-corrected chi connectivity index (χ1v) is 10.8. The fourth-order valence-electron chi connectivity index (χ4n) is 2.68. The fourth-order valence-corrected chi connectivity index (χ4v) is 3.89. The molecule has 5 nitrogen and oxygen atoms in total. The number of hydrogen-bond donors (Lipinski definition) is 1. The van der Waals surface area contributed by atoms with Gasteiger partial charge in [-0.05, 0) is 41.8 Å². The number of carbonyl (C=O) groups excluding carboxylic acids is 1. The Bertz CT molecular complexity index is 858. The largest absolute Gasteiger partial charge is 0.410 e. The smallest absolute Gasteiger partial charge is 0.277 e. The molecule has 0 aliphatic heterocycles. The van der Waals surface area contributed by atoms with Crippen LogP contribution in [-0.4, -0.2) is 21.9 Å². The number of benzene rings is 1. The first-order valence-electron chi connectivity index (χ1n) is 8.89. The average Bonchev–Trinajstić information content (AvgIpc) is 3.31. The summed E-state index contributed by atoms with van der Waals surface area (Å²) in [5.74, 6) is 1.30. The van der Waals surface area contributed by atoms with Crippen molar-refractivity contribution in [2.75, 3.05) is 5.75 Å². The lowest BCUT2D eigenvalue weighted by atomic mass is 10.00. The molecule has 0 radical (unpaired) electrons. The molecule has 3 aromatic rings. The van der Waals surface area contributed by atoms with E-state index in [4.69, 9.17) is 4.42 Å². The Morgan fingerprint density at radius 1 is 1.19 bits per heavy atom. The lowest BCUT2D eigenvalue weighted by Crippen LogP contribution is -2.28. The van der Waals surface area contributed by atoms with E-state index in [-0.39, 0.29) is 17.7 Å². The lowest BCUT2D eigenvalue weighted by molar-refractivity contribution is -0.119. The summed E-state index contributed by atoms with van der Waals surface area (Å²) in [6, 6.07) is 12.3. The number of aromatic nitrogens is 2. The summed E-state index contributed by atoms with van der Waals surface area (Å²) >= 11 is 2.78. The molecule has 3 rings (SSSR count). The zero-order valence-corrected chi connectivity index (χ0v) is 17.3. The van der Waals surface area contributed by atoms with E-state index in [0.29, 0.717) is 17.0 Å². The quantitative estimate of drug-likeness (QED) is 0.540. The molecule has 2 heterocycles. The van der Waals surface area contributed by atoms with Gasteiger partial charge in [0.05, 0.1) is 16.7 Å². The maximum Gasteiger partial charge on any atom is 0.277 e. The highest BCUT2D eigenvalue weighted by Crippen LogP contribution is 2.26. The minimum absolute atomic E-state index is 0.0458. The molecule has 7 heteroatoms. The maximum absolute atomic E-state index is 12.2. The van der Waals surface area contributed by atoms with Crippen molar-refractivity contribution in [2.45, 2.75) is 38.5 Å². The number of nitrogens with one attached hydrogen (secondary N) is 1. The van der Waals surface area contributed by atoms with Crippen LogP contribution in [0.1, 0.15) is 37.9 Å². The highest BCUT2D eigenvalue weighted by molar-refractivity contribution is 7.99. The van der Waals surface area contributed by atoms with E-state index >= 15 is 0 Å². The maximum atomic E-state index is 12.2. The molecule has 0 spiro atoms. The van der Waals surface area contributed by atoms with Crippen molar-refractivity contribution in [3.63, 3.8) is 0 Å². The van der Waals surface area contributed by atoms with Crippen LogP contribution >= 0.6 is 23.1 Å². The number of thioether (sulfide) groups is 1. The molecule has 1 unspecified atom stereocenters. The molecule has 1 amide bonds. The van der Waals surface area contributed by atoms with Gasteiger partial charge in [-0.1, -0.05) is 55.9 Å². The molecule has 2 aromatic heterocycles. The molecular weight excluding hydrogens is 378 g/mol. The van der Waals surface area contributed by atoms with Gasteiger partial charge < -0.3 is 9.73 Å². The Hall–Kier alpha value is -2.12. The summed E-state index contributed by atoms with van der Waals surface area (Å²) < 4.78 is 5.58. The van der Waals surface area contributed by atoms with Crippen LogP contribution in [0.4, 0.5) is 0 Å². The third kappa shape index (κ3) is 5.68. The molecule has 0 aliphatic rings. The van der Waals surface area contributed by atoms with E-state index in [1.807, 2.05) is 24.4 Å². The van der Waals surface area contributed by atoms with Crippen LogP contribution in [-0.2, 0) is 11.2 Å². The van der Waals surface area contributed by atoms with E-state index in [1.54, 1.807) is 0 Å². The van der Waals surface area contributed by atoms with Gasteiger partial charge >= 0.3 is 0 Å². The monoisotopic (exact) mass is 401 g/mol. The molecular formula is C20H23N3O2S2. The predicted molar refractivity (Wildman–Crippen MR) is 110 cm³/mol. The summed E-state index contributed by atoms with van der Waals surface area (Å²) in [6.07, 6.45) is 1.06. The highest BCUT2D eigenvalue weighted by atomic mass is 32.2. The summed E-state index contributed by atoms with van der Waals surface area (Å²) in [5, 5.41) is 13.4. The Morgan fingerprint density at radius 2 is 1.96 bits per heavy atom. The zero-order valence-electron chi connectivity index (χ0n) is 15.6. The van der Waals surface area contributed by atoms with Gasteiger partial charge in [-0.15, -0.1) is 21.5 Å². The van der Waals surface area contributed by atoms with E-state index in [9.17, 15) is 4.79 Å². The van der Waals surface area contributed by atoms with Crippen molar-refractivity contribution in [3.8, 4) is 10.8 Å². The number of carbonyl (C=O) groups is 1. The van der Waals surface area contributed by atoms with Gasteiger partial charge in [0.15, 0.2) is 0 Å². The summed E-state index contributed by atoms with van der Waals surface area (Å²) in [6.45, 7) is 6.41. The molecule has 0 saturated carbocycles. The summed E-state index contributed by atoms with van der Waals surface area (Å²) in [4.78, 5) is 13.2. The topological polar surface area (TPSA) is 68.0 Å². The van der Waals surface area contributed by atoms with Gasteiger partial charge in [0, 0.05) is 0 Å². The van der Waals surface area contributed by atoms with Gasteiger partial charge in [0.25, 0.3) is 11.1 Å². The summed E-state index contributed by atoms with van der Waals surface area (Å²) in [7, 11) is 0. The van der Waals surface area contributed by atoms with E-state index < -0.39 is 0 Å². The van der Waals surface area contributed by atoms with Gasteiger partial charge in [0.2, 0.25) is 5.91 Å². The van der Waals surface area contributed by atoms with Crippen LogP contribution < -0.4 is 5.32 Å². The Balaban J connectivity index is 1.48. The minimum atomic E-state index is -0.0605. The van der Waals surface area contributed by atoms with Crippen LogP contribution in [0.25, 0.3) is 10.8 Å². The first-order chi connectivity index (χ1) is 13.0. The lowest BCUT2D eigenvalue weighted by Gasteiger charge is -2.15. The predicted octanol–water partition coefficient (Wildman–Crippen LogP) is 4.97. The molecule has 1 N–H and O–H groups in total. The molecule has 142 valence electrons. The first kappa shape index (κ1) is 19.6. The molecule has 0 saturated heterocycles. The number of thiophene rings is 1. The van der Waals surface area contributed by atoms with Gasteiger partial charge in [-0.3, -0.25) is 4.79 Å². The SMILES string of the molecule is CC(C)Cc1ccc(C(C)NC(=O)CSc2nnc(-c3cccs3)o2)cc1. The Kier molecular flexibility index (Phi) is 6.68. The van der Waals surface area contributed by atoms with Crippen LogP contribution in [0.5, 0.6) is 0 Å². The van der Waals surface area contributed by atoms with Crippen molar-refractivity contribution < 1.29 is 9.21 Å². The Labute approximate surface area is 167 Å². The van der Waals surface area contributed by atoms with E-state index in [0.717, 1.165) is 16.9 Å². The van der Waals surface area contributed by atoms with Crippen molar-refractivity contribution in [3.05, 3.63) is 52.9 Å². The normalized spacial score (nSPS) is 12.3. The second kappa shape index (κ2) is 9.19. The van der Waals surface area contributed by atoms with Crippen molar-refractivity contribution >= 4 is 29.0 Å². The number of amides is 1. The van der Waals surface area contributed by atoms with Crippen LogP contribution in [0.2, 0.25) is 0 Å². The van der Waals surface area contributed by atoms with Crippen molar-refractivity contribution in [1.29, 1.82) is 0 Å². The van der Waals surface area contributed by atoms with Gasteiger partial charge in [0.1, 0.15) is 0 Å². The second-order valence-corrected chi connectivity index (χ2v) is 8.64. The third-order valence-electron chi connectivity index (χ3n) is 3.97. The number of rotatable bonds is 8. The number of hydrogen-bond acceptors (Lipinski definition) is 6. The number of nitrogens with zero attached hydrogens (tertiary/aromatic N) is 2. The standard InChI is InChI=1S/C20H23N3O2S2/c1-13(2)11-15-6-8-16(9-7-15)14(3)21-18(24)12-27-20-23-22-19(25-20)17-5-4-10-26-17/h4-10,13-14H,11-12H2,1-3H3,(H,21,24). The highest BCUT2D eigenvalue weighted by Gasteiger charge is 2.14. The molecule has 0 bridgehead atoms. The van der Waals surface area contributed by atoms with Crippen LogP contribution in [0, 0.1) is 5.92 Å². The van der Waals surface area contributed by atoms with Crippen LogP contribution in [0.15, 0.2) is 51.4 Å². The summed E-state index contributed by atoms with van der Waals surface area (Å²) in [5.41, 5.74) is 2.42.